The molecule has 0 spiro atoms. The maximum atomic E-state index is 11.6. The Morgan fingerprint density at radius 2 is 1.78 bits per heavy atom. The summed E-state index contributed by atoms with van der Waals surface area (Å²) in [5.74, 6) is 0.884. The SMILES string of the molecule is CC(=O)N[C@@H](C)c1nc2ccccc2n1CCCN1CCN(c2nc(-c3ccc(C)cc3)cs2)CC1. The molecule has 2 aromatic carbocycles. The summed E-state index contributed by atoms with van der Waals surface area (Å²) >= 11 is 1.74. The van der Waals surface area contributed by atoms with E-state index in [-0.39, 0.29) is 11.9 Å². The Labute approximate surface area is 216 Å². The first-order valence-electron chi connectivity index (χ1n) is 12.7. The van der Waals surface area contributed by atoms with E-state index < -0.39 is 0 Å². The van der Waals surface area contributed by atoms with Crippen molar-refractivity contribution in [2.75, 3.05) is 37.6 Å². The minimum atomic E-state index is -0.124. The van der Waals surface area contributed by atoms with Gasteiger partial charge in [0, 0.05) is 50.6 Å². The number of para-hydroxylation sites is 2. The molecular formula is C28H34N6OS. The lowest BCUT2D eigenvalue weighted by Gasteiger charge is -2.34. The van der Waals surface area contributed by atoms with E-state index in [1.807, 2.05) is 19.1 Å². The number of thiazole rings is 1. The summed E-state index contributed by atoms with van der Waals surface area (Å²) in [6, 6.07) is 16.7. The molecule has 1 amide bonds. The standard InChI is InChI=1S/C28H34N6OS/c1-20-9-11-23(12-10-20)25-19-36-28(31-25)33-17-15-32(16-18-33)13-6-14-34-26-8-5-4-7-24(26)30-27(34)21(2)29-22(3)35/h4-5,7-12,19,21H,6,13-18H2,1-3H3,(H,29,35)/t21-/m0/s1. The predicted octanol–water partition coefficient (Wildman–Crippen LogP) is 4.88. The molecule has 36 heavy (non-hydrogen) atoms. The van der Waals surface area contributed by atoms with E-state index in [1.54, 1.807) is 18.3 Å². The van der Waals surface area contributed by atoms with E-state index in [4.69, 9.17) is 9.97 Å². The van der Waals surface area contributed by atoms with Crippen LogP contribution in [0.1, 0.15) is 37.7 Å². The number of piperazine rings is 1. The second kappa shape index (κ2) is 10.8. The zero-order valence-electron chi connectivity index (χ0n) is 21.3. The second-order valence-corrected chi connectivity index (χ2v) is 10.4. The van der Waals surface area contributed by atoms with Gasteiger partial charge in [-0.25, -0.2) is 9.97 Å². The molecule has 0 radical (unpaired) electrons. The molecule has 8 heteroatoms. The van der Waals surface area contributed by atoms with Crippen LogP contribution < -0.4 is 10.2 Å². The van der Waals surface area contributed by atoms with Gasteiger partial charge >= 0.3 is 0 Å². The van der Waals surface area contributed by atoms with Crippen LogP contribution in [0, 0.1) is 6.92 Å². The first kappa shape index (κ1) is 24.5. The maximum Gasteiger partial charge on any atom is 0.217 e. The van der Waals surface area contributed by atoms with Gasteiger partial charge in [0.15, 0.2) is 5.13 Å². The monoisotopic (exact) mass is 502 g/mol. The lowest BCUT2D eigenvalue weighted by atomic mass is 10.1. The third-order valence-corrected chi connectivity index (χ3v) is 7.73. The summed E-state index contributed by atoms with van der Waals surface area (Å²) < 4.78 is 2.27. The third kappa shape index (κ3) is 5.44. The Bertz CT molecular complexity index is 1320. The highest BCUT2D eigenvalue weighted by atomic mass is 32.1. The Hall–Kier alpha value is -3.23. The third-order valence-electron chi connectivity index (χ3n) is 6.83. The van der Waals surface area contributed by atoms with Gasteiger partial charge in [-0.3, -0.25) is 9.69 Å². The Morgan fingerprint density at radius 1 is 1.03 bits per heavy atom. The van der Waals surface area contributed by atoms with Gasteiger partial charge in [-0.1, -0.05) is 42.0 Å². The number of imidazole rings is 1. The number of fused-ring (bicyclic) bond motifs is 1. The topological polar surface area (TPSA) is 66.3 Å². The molecule has 7 nitrogen and oxygen atoms in total. The van der Waals surface area contributed by atoms with Crippen molar-refractivity contribution in [2.45, 2.75) is 39.8 Å². The van der Waals surface area contributed by atoms with Gasteiger partial charge in [0.1, 0.15) is 5.82 Å². The molecule has 0 aliphatic carbocycles. The van der Waals surface area contributed by atoms with Gasteiger partial charge in [0.25, 0.3) is 0 Å². The molecule has 1 aliphatic rings. The van der Waals surface area contributed by atoms with Crippen LogP contribution in [-0.2, 0) is 11.3 Å². The van der Waals surface area contributed by atoms with Gasteiger partial charge < -0.3 is 14.8 Å². The van der Waals surface area contributed by atoms with Gasteiger partial charge in [0.2, 0.25) is 5.91 Å². The number of aryl methyl sites for hydroxylation is 2. The van der Waals surface area contributed by atoms with E-state index in [0.717, 1.165) is 73.4 Å². The molecule has 1 fully saturated rings. The number of aromatic nitrogens is 3. The molecular weight excluding hydrogens is 468 g/mol. The van der Waals surface area contributed by atoms with Crippen LogP contribution in [-0.4, -0.2) is 58.1 Å². The number of hydrogen-bond donors (Lipinski definition) is 1. The summed E-state index contributed by atoms with van der Waals surface area (Å²) in [5, 5.41) is 6.28. The van der Waals surface area contributed by atoms with Gasteiger partial charge in [-0.15, -0.1) is 11.3 Å². The van der Waals surface area contributed by atoms with Crippen molar-refractivity contribution in [2.24, 2.45) is 0 Å². The molecule has 0 saturated carbocycles. The first-order valence-corrected chi connectivity index (χ1v) is 13.6. The summed E-state index contributed by atoms with van der Waals surface area (Å²) in [7, 11) is 0. The molecule has 1 saturated heterocycles. The number of anilines is 1. The lowest BCUT2D eigenvalue weighted by molar-refractivity contribution is -0.119. The minimum absolute atomic E-state index is 0.0369. The van der Waals surface area contributed by atoms with Crippen molar-refractivity contribution in [3.8, 4) is 11.3 Å². The highest BCUT2D eigenvalue weighted by molar-refractivity contribution is 7.14. The largest absolute Gasteiger partial charge is 0.347 e. The van der Waals surface area contributed by atoms with Crippen LogP contribution >= 0.6 is 11.3 Å². The highest BCUT2D eigenvalue weighted by Crippen LogP contribution is 2.28. The zero-order valence-corrected chi connectivity index (χ0v) is 22.1. The summed E-state index contributed by atoms with van der Waals surface area (Å²) in [4.78, 5) is 26.3. The van der Waals surface area contributed by atoms with Crippen molar-refractivity contribution in [3.05, 3.63) is 65.3 Å². The molecule has 188 valence electrons. The Morgan fingerprint density at radius 3 is 2.53 bits per heavy atom. The average molecular weight is 503 g/mol. The van der Waals surface area contributed by atoms with Crippen molar-refractivity contribution in [1.29, 1.82) is 0 Å². The smallest absolute Gasteiger partial charge is 0.217 e. The van der Waals surface area contributed by atoms with E-state index in [1.165, 1.54) is 11.1 Å². The molecule has 3 heterocycles. The quantitative estimate of drug-likeness (QED) is 0.372. The number of carbonyl (C=O) groups is 1. The van der Waals surface area contributed by atoms with Crippen molar-refractivity contribution in [1.82, 2.24) is 24.8 Å². The molecule has 0 bridgehead atoms. The van der Waals surface area contributed by atoms with Gasteiger partial charge in [-0.05, 0) is 38.9 Å². The highest BCUT2D eigenvalue weighted by Gasteiger charge is 2.21. The van der Waals surface area contributed by atoms with E-state index >= 15 is 0 Å². The van der Waals surface area contributed by atoms with Gasteiger partial charge in [0.05, 0.1) is 22.8 Å². The van der Waals surface area contributed by atoms with Crippen LogP contribution in [0.3, 0.4) is 0 Å². The second-order valence-electron chi connectivity index (χ2n) is 9.60. The minimum Gasteiger partial charge on any atom is -0.347 e. The summed E-state index contributed by atoms with van der Waals surface area (Å²) in [6.45, 7) is 11.7. The first-order chi connectivity index (χ1) is 17.5. The summed E-state index contributed by atoms with van der Waals surface area (Å²) in [6.07, 6.45) is 1.04. The molecule has 4 aromatic rings. The molecule has 5 rings (SSSR count). The van der Waals surface area contributed by atoms with Crippen molar-refractivity contribution < 1.29 is 4.79 Å². The van der Waals surface area contributed by atoms with Crippen molar-refractivity contribution >= 4 is 33.4 Å². The number of rotatable bonds is 8. The number of amides is 1. The van der Waals surface area contributed by atoms with E-state index in [9.17, 15) is 4.79 Å². The molecule has 1 aliphatic heterocycles. The van der Waals surface area contributed by atoms with Crippen LogP contribution in [0.4, 0.5) is 5.13 Å². The normalized spacial score (nSPS) is 15.4. The zero-order chi connectivity index (χ0) is 25.1. The molecule has 2 aromatic heterocycles. The fourth-order valence-corrected chi connectivity index (χ4v) is 5.80. The van der Waals surface area contributed by atoms with E-state index in [2.05, 4.69) is 68.4 Å². The Balaban J connectivity index is 1.16. The lowest BCUT2D eigenvalue weighted by Crippen LogP contribution is -2.46. The number of carbonyl (C=O) groups excluding carboxylic acids is 1. The Kier molecular flexibility index (Phi) is 7.34. The maximum absolute atomic E-state index is 11.6. The molecule has 1 atom stereocenters. The molecule has 1 N–H and O–H groups in total. The van der Waals surface area contributed by atoms with Crippen molar-refractivity contribution in [3.63, 3.8) is 0 Å². The van der Waals surface area contributed by atoms with Crippen LogP contribution in [0.25, 0.3) is 22.3 Å². The predicted molar refractivity (Wildman–Crippen MR) is 148 cm³/mol. The average Bonchev–Trinajstić information content (AvgIpc) is 3.50. The van der Waals surface area contributed by atoms with Crippen LogP contribution in [0.5, 0.6) is 0 Å². The van der Waals surface area contributed by atoms with Crippen LogP contribution in [0.15, 0.2) is 53.9 Å². The van der Waals surface area contributed by atoms with E-state index in [0.29, 0.717) is 0 Å². The number of benzene rings is 2. The number of nitrogens with zero attached hydrogens (tertiary/aromatic N) is 5. The number of hydrogen-bond acceptors (Lipinski definition) is 6. The summed E-state index contributed by atoms with van der Waals surface area (Å²) in [5.41, 5.74) is 5.62. The van der Waals surface area contributed by atoms with Crippen LogP contribution in [0.2, 0.25) is 0 Å². The molecule has 0 unspecified atom stereocenters. The van der Waals surface area contributed by atoms with Gasteiger partial charge in [-0.2, -0.15) is 0 Å². The number of nitrogens with one attached hydrogen (secondary N) is 1. The fourth-order valence-electron chi connectivity index (χ4n) is 4.91. The fraction of sp³-hybridized carbons (Fsp3) is 0.393.